The Morgan fingerprint density at radius 1 is 1.16 bits per heavy atom. The third kappa shape index (κ3) is 2.69. The summed E-state index contributed by atoms with van der Waals surface area (Å²) in [4.78, 5) is 22.6. The molecule has 0 radical (unpaired) electrons. The number of hydrogen-bond acceptors (Lipinski definition) is 6. The molecule has 25 heavy (non-hydrogen) atoms. The molecule has 3 N–H and O–H groups in total. The van der Waals surface area contributed by atoms with E-state index in [0.29, 0.717) is 11.8 Å². The Morgan fingerprint density at radius 3 is 2.72 bits per heavy atom. The van der Waals surface area contributed by atoms with E-state index in [1.165, 1.54) is 6.07 Å². The van der Waals surface area contributed by atoms with Crippen LogP contribution < -0.4 is 15.5 Å². The van der Waals surface area contributed by atoms with Gasteiger partial charge in [-0.1, -0.05) is 16.7 Å². The van der Waals surface area contributed by atoms with E-state index in [0.717, 1.165) is 16.9 Å². The molecule has 0 saturated carbocycles. The molecule has 0 spiro atoms. The number of H-pyrrole nitrogens is 1. The van der Waals surface area contributed by atoms with Crippen molar-refractivity contribution in [1.29, 1.82) is 0 Å². The van der Waals surface area contributed by atoms with Crippen molar-refractivity contribution < 1.29 is 5.11 Å². The largest absolute Gasteiger partial charge is 0.392 e. The molecule has 8 nitrogen and oxygen atoms in total. The lowest BCUT2D eigenvalue weighted by atomic mass is 10.2. The monoisotopic (exact) mass is 335 g/mol. The number of fused-ring (bicyclic) bond motifs is 1. The first kappa shape index (κ1) is 15.2. The van der Waals surface area contributed by atoms with Gasteiger partial charge < -0.3 is 15.4 Å². The third-order valence-electron chi connectivity index (χ3n) is 3.93. The topological polar surface area (TPSA) is 102 Å². The van der Waals surface area contributed by atoms with Gasteiger partial charge in [-0.15, -0.1) is 0 Å². The average Bonchev–Trinajstić information content (AvgIpc) is 3.02. The quantitative estimate of drug-likeness (QED) is 0.741. The van der Waals surface area contributed by atoms with E-state index in [1.54, 1.807) is 30.9 Å². The van der Waals surface area contributed by atoms with Crippen molar-refractivity contribution in [3.8, 4) is 0 Å². The first-order chi connectivity index (χ1) is 12.2. The number of aliphatic imine (C=N–C) groups is 2. The minimum atomic E-state index is -0.180. The van der Waals surface area contributed by atoms with Gasteiger partial charge in [0.2, 0.25) is 5.56 Å². The molecule has 8 heteroatoms. The van der Waals surface area contributed by atoms with E-state index in [-0.39, 0.29) is 16.8 Å². The molecule has 2 aliphatic heterocycles. The van der Waals surface area contributed by atoms with Gasteiger partial charge in [0.15, 0.2) is 11.9 Å². The van der Waals surface area contributed by atoms with Gasteiger partial charge >= 0.3 is 0 Å². The minimum absolute atomic E-state index is 0.00264. The van der Waals surface area contributed by atoms with Crippen LogP contribution in [-0.2, 0) is 6.61 Å². The SMILES string of the molecule is O=c1ccc([N+]23C=CN=CC2=NC(Nc2ccc(CO)cc2)=N3)c[nH]1. The molecule has 1 aromatic heterocycles. The van der Waals surface area contributed by atoms with Gasteiger partial charge in [0.05, 0.1) is 19.0 Å². The lowest BCUT2D eigenvalue weighted by Crippen LogP contribution is -2.44. The Kier molecular flexibility index (Phi) is 3.60. The summed E-state index contributed by atoms with van der Waals surface area (Å²) < 4.78 is -0.00264. The zero-order valence-corrected chi connectivity index (χ0v) is 13.1. The molecule has 4 rings (SSSR count). The standard InChI is InChI=1S/C17H14N6O2/c24-11-12-1-3-13(4-2-12)20-17-21-15-10-18-7-8-23(15,22-17)14-5-6-16(25)19-9-14/h1-10,24H,11H2,(H-,19,20,22,25)/p+1. The molecule has 0 aliphatic carbocycles. The maximum absolute atomic E-state index is 11.3. The first-order valence-electron chi connectivity index (χ1n) is 7.65. The number of benzene rings is 1. The molecule has 2 aromatic rings. The van der Waals surface area contributed by atoms with E-state index < -0.39 is 0 Å². The van der Waals surface area contributed by atoms with E-state index in [9.17, 15) is 4.79 Å². The number of aliphatic hydroxyl groups excluding tert-OH is 1. The van der Waals surface area contributed by atoms with Crippen LogP contribution in [0.1, 0.15) is 5.56 Å². The van der Waals surface area contributed by atoms with Crippen LogP contribution in [0.15, 0.2) is 74.9 Å². The van der Waals surface area contributed by atoms with E-state index in [1.807, 2.05) is 24.3 Å². The lowest BCUT2D eigenvalue weighted by Gasteiger charge is -2.23. The maximum Gasteiger partial charge on any atom is 0.287 e. The van der Waals surface area contributed by atoms with Crippen LogP contribution in [0.25, 0.3) is 0 Å². The molecule has 0 saturated heterocycles. The van der Waals surface area contributed by atoms with Crippen molar-refractivity contribution in [3.63, 3.8) is 0 Å². The lowest BCUT2D eigenvalue weighted by molar-refractivity contribution is 0.282. The van der Waals surface area contributed by atoms with Crippen LogP contribution in [0.3, 0.4) is 0 Å². The predicted molar refractivity (Wildman–Crippen MR) is 97.3 cm³/mol. The molecular weight excluding hydrogens is 320 g/mol. The number of rotatable bonds is 3. The fourth-order valence-electron chi connectivity index (χ4n) is 2.65. The molecule has 124 valence electrons. The Balaban J connectivity index is 1.70. The summed E-state index contributed by atoms with van der Waals surface area (Å²) in [6.45, 7) is -0.00298. The van der Waals surface area contributed by atoms with Crippen molar-refractivity contribution >= 4 is 29.4 Å². The minimum Gasteiger partial charge on any atom is -0.392 e. The second-order valence-electron chi connectivity index (χ2n) is 5.55. The number of aliphatic hydroxyl groups is 1. The normalized spacial score (nSPS) is 20.8. The van der Waals surface area contributed by atoms with Gasteiger partial charge in [0, 0.05) is 17.8 Å². The smallest absolute Gasteiger partial charge is 0.287 e. The summed E-state index contributed by atoms with van der Waals surface area (Å²) in [6, 6.07) is 10.5. The molecule has 2 aliphatic rings. The van der Waals surface area contributed by atoms with Gasteiger partial charge in [0.1, 0.15) is 6.21 Å². The summed E-state index contributed by atoms with van der Waals surface area (Å²) in [7, 11) is 0. The highest BCUT2D eigenvalue weighted by Crippen LogP contribution is 2.29. The molecule has 1 aromatic carbocycles. The Bertz CT molecular complexity index is 966. The summed E-state index contributed by atoms with van der Waals surface area (Å²) in [6.07, 6.45) is 6.69. The van der Waals surface area contributed by atoms with Crippen molar-refractivity contribution in [2.45, 2.75) is 6.61 Å². The highest BCUT2D eigenvalue weighted by Gasteiger charge is 2.42. The predicted octanol–water partition coefficient (Wildman–Crippen LogP) is 1.53. The van der Waals surface area contributed by atoms with Crippen LogP contribution in [-0.4, -0.2) is 28.1 Å². The van der Waals surface area contributed by atoms with Gasteiger partial charge in [-0.2, -0.15) is 4.99 Å². The number of hydrogen-bond donors (Lipinski definition) is 3. The molecule has 1 unspecified atom stereocenters. The fourth-order valence-corrected chi connectivity index (χ4v) is 2.65. The third-order valence-corrected chi connectivity index (χ3v) is 3.93. The summed E-state index contributed by atoms with van der Waals surface area (Å²) >= 11 is 0. The zero-order valence-electron chi connectivity index (χ0n) is 13.1. The van der Waals surface area contributed by atoms with Gasteiger partial charge in [-0.25, -0.2) is 0 Å². The molecule has 1 atom stereocenters. The average molecular weight is 335 g/mol. The van der Waals surface area contributed by atoms with E-state index in [4.69, 9.17) is 5.11 Å². The number of amidine groups is 1. The van der Waals surface area contributed by atoms with Crippen molar-refractivity contribution in [2.24, 2.45) is 15.1 Å². The number of nitrogens with one attached hydrogen (secondary N) is 2. The highest BCUT2D eigenvalue weighted by molar-refractivity contribution is 6.38. The maximum atomic E-state index is 11.3. The number of aromatic nitrogens is 1. The van der Waals surface area contributed by atoms with Crippen LogP contribution in [0.5, 0.6) is 0 Å². The number of guanidine groups is 1. The van der Waals surface area contributed by atoms with Crippen LogP contribution in [0, 0.1) is 0 Å². The van der Waals surface area contributed by atoms with Gasteiger partial charge in [0.25, 0.3) is 11.8 Å². The summed E-state index contributed by atoms with van der Waals surface area (Å²) in [5.74, 6) is 1.04. The summed E-state index contributed by atoms with van der Waals surface area (Å²) in [5, 5.41) is 16.9. The van der Waals surface area contributed by atoms with Crippen molar-refractivity contribution in [3.05, 3.63) is 70.9 Å². The van der Waals surface area contributed by atoms with E-state index in [2.05, 4.69) is 25.4 Å². The fraction of sp³-hybridized carbons (Fsp3) is 0.0588. The number of nitrogens with zero attached hydrogens (tertiary/aromatic N) is 4. The Morgan fingerprint density at radius 2 is 2.00 bits per heavy atom. The molecule has 0 bridgehead atoms. The Hall–Kier alpha value is -3.36. The molecule has 0 amide bonds. The Labute approximate surface area is 142 Å². The van der Waals surface area contributed by atoms with Crippen LogP contribution in [0.4, 0.5) is 11.4 Å². The number of quaternary nitrogens is 1. The molecule has 3 heterocycles. The van der Waals surface area contributed by atoms with Crippen LogP contribution >= 0.6 is 0 Å². The van der Waals surface area contributed by atoms with E-state index >= 15 is 0 Å². The van der Waals surface area contributed by atoms with Crippen molar-refractivity contribution in [2.75, 3.05) is 5.32 Å². The highest BCUT2D eigenvalue weighted by atomic mass is 16.3. The zero-order chi connectivity index (χ0) is 17.3. The second kappa shape index (κ2) is 5.93. The van der Waals surface area contributed by atoms with Gasteiger partial charge in [-0.05, 0) is 22.8 Å². The molecule has 0 fully saturated rings. The summed E-state index contributed by atoms with van der Waals surface area (Å²) in [5.41, 5.74) is 2.20. The second-order valence-corrected chi connectivity index (χ2v) is 5.55. The number of pyridine rings is 1. The van der Waals surface area contributed by atoms with Gasteiger partial charge in [-0.3, -0.25) is 9.79 Å². The number of anilines is 1. The van der Waals surface area contributed by atoms with Crippen LogP contribution in [0.2, 0.25) is 0 Å². The molecular formula is C17H15N6O2+. The number of aromatic amines is 1. The van der Waals surface area contributed by atoms with Crippen molar-refractivity contribution in [1.82, 2.24) is 9.58 Å². The first-order valence-corrected chi connectivity index (χ1v) is 7.65.